The van der Waals surface area contributed by atoms with Gasteiger partial charge in [0.05, 0.1) is 5.56 Å². The van der Waals surface area contributed by atoms with Crippen LogP contribution in [-0.4, -0.2) is 45.3 Å². The van der Waals surface area contributed by atoms with Gasteiger partial charge in [0, 0.05) is 43.5 Å². The maximum absolute atomic E-state index is 13.3. The molecule has 194 valence electrons. The summed E-state index contributed by atoms with van der Waals surface area (Å²) in [6.07, 6.45) is -1.56. The van der Waals surface area contributed by atoms with E-state index in [1.165, 1.54) is 34.1 Å². The van der Waals surface area contributed by atoms with Gasteiger partial charge in [0.2, 0.25) is 5.13 Å². The molecule has 1 aliphatic heterocycles. The molecular formula is C25H30F3N5O2S. The highest BCUT2D eigenvalue weighted by molar-refractivity contribution is 7.18. The standard InChI is InChI=1S/C25H30F3N5O2S/c1-23(2)13-17(14-24(3,4)31-23)33(6)22-30-29-21(36-22)18-8-7-15(11-19(18)35-25(26,27)28)16-9-10-32(5)20(34)12-16/h7-12,17,31H,13-14H2,1-6H3. The van der Waals surface area contributed by atoms with Gasteiger partial charge in [-0.3, -0.25) is 4.79 Å². The number of nitrogens with zero attached hydrogens (tertiary/aromatic N) is 4. The number of halogens is 3. The molecule has 1 fully saturated rings. The molecule has 36 heavy (non-hydrogen) atoms. The van der Waals surface area contributed by atoms with Crippen molar-refractivity contribution in [1.82, 2.24) is 20.1 Å². The number of anilines is 1. The molecule has 0 bridgehead atoms. The molecule has 11 heteroatoms. The second kappa shape index (κ2) is 9.19. The van der Waals surface area contributed by atoms with Crippen LogP contribution in [0.5, 0.6) is 5.75 Å². The summed E-state index contributed by atoms with van der Waals surface area (Å²) in [5.74, 6) is -0.393. The molecule has 1 aromatic carbocycles. The quantitative estimate of drug-likeness (QED) is 0.497. The van der Waals surface area contributed by atoms with Crippen LogP contribution in [-0.2, 0) is 7.05 Å². The van der Waals surface area contributed by atoms with Gasteiger partial charge in [0.25, 0.3) is 5.56 Å². The zero-order valence-corrected chi connectivity index (χ0v) is 21.9. The van der Waals surface area contributed by atoms with E-state index in [2.05, 4.69) is 52.8 Å². The fourth-order valence-electron chi connectivity index (χ4n) is 4.98. The maximum atomic E-state index is 13.3. The van der Waals surface area contributed by atoms with Gasteiger partial charge in [-0.25, -0.2) is 0 Å². The number of nitrogens with one attached hydrogen (secondary N) is 1. The van der Waals surface area contributed by atoms with Crippen molar-refractivity contribution in [3.8, 4) is 27.4 Å². The molecule has 3 aromatic rings. The van der Waals surface area contributed by atoms with Gasteiger partial charge in [0.1, 0.15) is 5.75 Å². The summed E-state index contributed by atoms with van der Waals surface area (Å²) in [5, 5.41) is 13.1. The molecule has 3 heterocycles. The number of aryl methyl sites for hydroxylation is 1. The van der Waals surface area contributed by atoms with E-state index in [0.29, 0.717) is 21.3 Å². The minimum atomic E-state index is -4.89. The average Bonchev–Trinajstić information content (AvgIpc) is 3.21. The third-order valence-electron chi connectivity index (χ3n) is 6.31. The van der Waals surface area contributed by atoms with Gasteiger partial charge in [0.15, 0.2) is 5.01 Å². The number of piperidine rings is 1. The van der Waals surface area contributed by atoms with Crippen LogP contribution >= 0.6 is 11.3 Å². The Bertz CT molecular complexity index is 1300. The minimum absolute atomic E-state index is 0.0732. The lowest BCUT2D eigenvalue weighted by Gasteiger charge is -2.48. The Morgan fingerprint density at radius 1 is 1.08 bits per heavy atom. The van der Waals surface area contributed by atoms with E-state index in [1.54, 1.807) is 25.4 Å². The summed E-state index contributed by atoms with van der Waals surface area (Å²) < 4.78 is 45.6. The summed E-state index contributed by atoms with van der Waals surface area (Å²) in [6.45, 7) is 8.63. The average molecular weight is 522 g/mol. The molecule has 0 aliphatic carbocycles. The smallest absolute Gasteiger partial charge is 0.405 e. The first kappa shape index (κ1) is 26.2. The molecule has 0 amide bonds. The molecule has 0 unspecified atom stereocenters. The van der Waals surface area contributed by atoms with Crippen LogP contribution in [0.25, 0.3) is 21.7 Å². The second-order valence-electron chi connectivity index (χ2n) is 10.6. The third-order valence-corrected chi connectivity index (χ3v) is 7.35. The van der Waals surface area contributed by atoms with E-state index in [4.69, 9.17) is 0 Å². The lowest BCUT2D eigenvalue weighted by Crippen LogP contribution is -2.61. The first-order chi connectivity index (χ1) is 16.6. The summed E-state index contributed by atoms with van der Waals surface area (Å²) in [4.78, 5) is 14.1. The van der Waals surface area contributed by atoms with Crippen LogP contribution in [0.4, 0.5) is 18.3 Å². The number of pyridine rings is 1. The SMILES string of the molecule is CN(c1nnc(-c2ccc(-c3ccn(C)c(=O)c3)cc2OC(F)(F)F)s1)C1CC(C)(C)NC(C)(C)C1. The Labute approximate surface area is 211 Å². The van der Waals surface area contributed by atoms with Gasteiger partial charge < -0.3 is 19.5 Å². The van der Waals surface area contributed by atoms with E-state index in [1.807, 2.05) is 7.05 Å². The van der Waals surface area contributed by atoms with E-state index in [9.17, 15) is 18.0 Å². The molecular weight excluding hydrogens is 491 g/mol. The fraction of sp³-hybridized carbons (Fsp3) is 0.480. The summed E-state index contributed by atoms with van der Waals surface area (Å²) in [6, 6.07) is 7.66. The van der Waals surface area contributed by atoms with Crippen LogP contribution in [0.1, 0.15) is 40.5 Å². The van der Waals surface area contributed by atoms with Crippen molar-refractivity contribution in [2.45, 2.75) is 64.0 Å². The second-order valence-corrected chi connectivity index (χ2v) is 11.5. The largest absolute Gasteiger partial charge is 0.573 e. The zero-order chi connectivity index (χ0) is 26.5. The van der Waals surface area contributed by atoms with Crippen molar-refractivity contribution in [3.63, 3.8) is 0 Å². The number of benzene rings is 1. The van der Waals surface area contributed by atoms with Gasteiger partial charge in [-0.15, -0.1) is 23.4 Å². The van der Waals surface area contributed by atoms with E-state index < -0.39 is 12.1 Å². The summed E-state index contributed by atoms with van der Waals surface area (Å²) >= 11 is 1.22. The molecule has 1 saturated heterocycles. The van der Waals surface area contributed by atoms with Crippen molar-refractivity contribution in [2.24, 2.45) is 7.05 Å². The number of ether oxygens (including phenoxy) is 1. The lowest BCUT2D eigenvalue weighted by atomic mass is 9.79. The Morgan fingerprint density at radius 3 is 2.33 bits per heavy atom. The van der Waals surface area contributed by atoms with E-state index >= 15 is 0 Å². The monoisotopic (exact) mass is 521 g/mol. The molecule has 0 radical (unpaired) electrons. The molecule has 2 aromatic heterocycles. The lowest BCUT2D eigenvalue weighted by molar-refractivity contribution is -0.274. The number of aromatic nitrogens is 3. The van der Waals surface area contributed by atoms with Crippen molar-refractivity contribution in [2.75, 3.05) is 11.9 Å². The van der Waals surface area contributed by atoms with Crippen LogP contribution < -0.4 is 20.5 Å². The van der Waals surface area contributed by atoms with Crippen molar-refractivity contribution in [3.05, 3.63) is 46.9 Å². The Morgan fingerprint density at radius 2 is 1.72 bits per heavy atom. The predicted molar refractivity (Wildman–Crippen MR) is 135 cm³/mol. The van der Waals surface area contributed by atoms with Crippen LogP contribution in [0.15, 0.2) is 41.3 Å². The van der Waals surface area contributed by atoms with Gasteiger partial charge in [-0.2, -0.15) is 0 Å². The number of hydrogen-bond acceptors (Lipinski definition) is 7. The van der Waals surface area contributed by atoms with Crippen LogP contribution in [0, 0.1) is 0 Å². The summed E-state index contributed by atoms with van der Waals surface area (Å²) in [5.41, 5.74) is 0.688. The van der Waals surface area contributed by atoms with Crippen molar-refractivity contribution < 1.29 is 17.9 Å². The van der Waals surface area contributed by atoms with Crippen molar-refractivity contribution in [1.29, 1.82) is 0 Å². The number of alkyl halides is 3. The molecule has 1 aliphatic rings. The molecule has 7 nitrogen and oxygen atoms in total. The Kier molecular flexibility index (Phi) is 6.67. The molecule has 0 atom stereocenters. The highest BCUT2D eigenvalue weighted by Crippen LogP contribution is 2.41. The predicted octanol–water partition coefficient (Wildman–Crippen LogP) is 5.21. The molecule has 4 rings (SSSR count). The highest BCUT2D eigenvalue weighted by Gasteiger charge is 2.40. The minimum Gasteiger partial charge on any atom is -0.405 e. The van der Waals surface area contributed by atoms with Gasteiger partial charge >= 0.3 is 6.36 Å². The molecule has 1 N–H and O–H groups in total. The normalized spacial score (nSPS) is 17.7. The Hall–Kier alpha value is -2.92. The third kappa shape index (κ3) is 5.89. The highest BCUT2D eigenvalue weighted by atomic mass is 32.1. The van der Waals surface area contributed by atoms with Gasteiger partial charge in [-0.05, 0) is 69.9 Å². The van der Waals surface area contributed by atoms with Crippen LogP contribution in [0.2, 0.25) is 0 Å². The first-order valence-corrected chi connectivity index (χ1v) is 12.4. The zero-order valence-electron chi connectivity index (χ0n) is 21.1. The maximum Gasteiger partial charge on any atom is 0.573 e. The van der Waals surface area contributed by atoms with Gasteiger partial charge in [-0.1, -0.05) is 17.4 Å². The molecule has 0 spiro atoms. The Balaban J connectivity index is 1.68. The topological polar surface area (TPSA) is 72.3 Å². The first-order valence-electron chi connectivity index (χ1n) is 11.6. The van der Waals surface area contributed by atoms with Crippen LogP contribution in [0.3, 0.4) is 0 Å². The number of rotatable bonds is 5. The number of hydrogen-bond donors (Lipinski definition) is 1. The molecule has 0 saturated carbocycles. The van der Waals surface area contributed by atoms with E-state index in [0.717, 1.165) is 12.8 Å². The summed E-state index contributed by atoms with van der Waals surface area (Å²) in [7, 11) is 3.54. The van der Waals surface area contributed by atoms with E-state index in [-0.39, 0.29) is 28.2 Å². The fourth-order valence-corrected chi connectivity index (χ4v) is 5.89. The van der Waals surface area contributed by atoms with Crippen molar-refractivity contribution >= 4 is 16.5 Å².